The fourth-order valence-electron chi connectivity index (χ4n) is 2.74. The van der Waals surface area contributed by atoms with Gasteiger partial charge in [-0.05, 0) is 47.0 Å². The van der Waals surface area contributed by atoms with Crippen molar-refractivity contribution in [2.24, 2.45) is 0 Å². The molecular formula is C18H13N3O2S. The van der Waals surface area contributed by atoms with Crippen LogP contribution in [0, 0.1) is 0 Å². The van der Waals surface area contributed by atoms with Crippen molar-refractivity contribution in [3.05, 3.63) is 75.1 Å². The summed E-state index contributed by atoms with van der Waals surface area (Å²) in [4.78, 5) is 22.6. The number of aromatic hydroxyl groups is 1. The average molecular weight is 335 g/mol. The van der Waals surface area contributed by atoms with Crippen LogP contribution in [0.1, 0.15) is 10.4 Å². The molecule has 0 fully saturated rings. The molecule has 24 heavy (non-hydrogen) atoms. The fourth-order valence-corrected chi connectivity index (χ4v) is 3.50. The van der Waals surface area contributed by atoms with E-state index in [0.29, 0.717) is 11.3 Å². The highest BCUT2D eigenvalue weighted by molar-refractivity contribution is 7.09. The lowest BCUT2D eigenvalue weighted by atomic mass is 9.99. The Morgan fingerprint density at radius 2 is 1.92 bits per heavy atom. The van der Waals surface area contributed by atoms with E-state index in [1.807, 2.05) is 30.3 Å². The van der Waals surface area contributed by atoms with Crippen molar-refractivity contribution >= 4 is 22.2 Å². The maximum atomic E-state index is 11.3. The molecule has 4 aromatic rings. The van der Waals surface area contributed by atoms with Gasteiger partial charge < -0.3 is 5.11 Å². The predicted octanol–water partition coefficient (Wildman–Crippen LogP) is 3.34. The molecule has 4 rings (SSSR count). The molecule has 0 aliphatic rings. The van der Waals surface area contributed by atoms with Gasteiger partial charge in [0.25, 0.3) is 0 Å². The minimum absolute atomic E-state index is 0.0503. The van der Waals surface area contributed by atoms with Crippen molar-refractivity contribution in [1.29, 1.82) is 0 Å². The van der Waals surface area contributed by atoms with Crippen LogP contribution in [0.4, 0.5) is 0 Å². The van der Waals surface area contributed by atoms with Gasteiger partial charge in [-0.25, -0.2) is 0 Å². The molecule has 6 heteroatoms. The van der Waals surface area contributed by atoms with E-state index in [9.17, 15) is 9.90 Å². The van der Waals surface area contributed by atoms with Crippen LogP contribution in [0.5, 0.6) is 5.88 Å². The van der Waals surface area contributed by atoms with Crippen molar-refractivity contribution < 1.29 is 5.11 Å². The Bertz CT molecular complexity index is 1070. The number of hydrogen-bond acceptors (Lipinski definition) is 5. The summed E-state index contributed by atoms with van der Waals surface area (Å²) in [5.74, 6) is -0.0503. The predicted molar refractivity (Wildman–Crippen MR) is 94.4 cm³/mol. The van der Waals surface area contributed by atoms with Crippen LogP contribution < -0.4 is 4.87 Å². The van der Waals surface area contributed by atoms with E-state index in [1.165, 1.54) is 0 Å². The van der Waals surface area contributed by atoms with E-state index in [1.54, 1.807) is 18.6 Å². The first-order valence-electron chi connectivity index (χ1n) is 7.40. The topological polar surface area (TPSA) is 78.9 Å². The van der Waals surface area contributed by atoms with Gasteiger partial charge in [-0.2, -0.15) is 0 Å². The van der Waals surface area contributed by atoms with Crippen molar-refractivity contribution in [2.45, 2.75) is 6.42 Å². The summed E-state index contributed by atoms with van der Waals surface area (Å²) in [6.07, 6.45) is 5.82. The highest BCUT2D eigenvalue weighted by Crippen LogP contribution is 2.29. The summed E-state index contributed by atoms with van der Waals surface area (Å²) >= 11 is 1.03. The van der Waals surface area contributed by atoms with Gasteiger partial charge in [-0.1, -0.05) is 17.4 Å². The molecule has 3 aromatic heterocycles. The van der Waals surface area contributed by atoms with E-state index < -0.39 is 0 Å². The van der Waals surface area contributed by atoms with Crippen LogP contribution in [0.15, 0.2) is 59.8 Å². The fraction of sp³-hybridized carbons (Fsp3) is 0.0556. The van der Waals surface area contributed by atoms with E-state index in [-0.39, 0.29) is 10.8 Å². The lowest BCUT2D eigenvalue weighted by Crippen LogP contribution is -1.90. The molecule has 5 nitrogen and oxygen atoms in total. The number of H-pyrrole nitrogens is 1. The van der Waals surface area contributed by atoms with Crippen LogP contribution >= 0.6 is 11.3 Å². The maximum absolute atomic E-state index is 11.3. The lowest BCUT2D eigenvalue weighted by Gasteiger charge is -2.08. The number of benzene rings is 1. The van der Waals surface area contributed by atoms with Gasteiger partial charge in [0.1, 0.15) is 0 Å². The maximum Gasteiger partial charge on any atom is 0.307 e. The van der Waals surface area contributed by atoms with Crippen LogP contribution in [-0.4, -0.2) is 20.1 Å². The Kier molecular flexibility index (Phi) is 3.59. The summed E-state index contributed by atoms with van der Waals surface area (Å²) in [6.45, 7) is 0. The quantitative estimate of drug-likeness (QED) is 0.602. The standard InChI is InChI=1S/C18H13N3O2S/c22-17-16(24-18(23)21-17)10-11-1-2-15-14(9-11)13(5-8-20-15)12-3-6-19-7-4-12/h1-9,22H,10H2,(H,21,23). The largest absolute Gasteiger partial charge is 0.494 e. The first-order chi connectivity index (χ1) is 11.7. The molecule has 0 amide bonds. The molecule has 2 N–H and O–H groups in total. The molecule has 0 saturated heterocycles. The molecule has 0 atom stereocenters. The number of rotatable bonds is 3. The third kappa shape index (κ3) is 2.68. The van der Waals surface area contributed by atoms with Gasteiger partial charge in [0, 0.05) is 30.4 Å². The normalized spacial score (nSPS) is 11.0. The minimum atomic E-state index is -0.248. The molecule has 0 aliphatic heterocycles. The Morgan fingerprint density at radius 3 is 2.67 bits per heavy atom. The van der Waals surface area contributed by atoms with Crippen molar-refractivity contribution in [3.8, 4) is 17.0 Å². The zero-order valence-electron chi connectivity index (χ0n) is 12.6. The van der Waals surface area contributed by atoms with Gasteiger partial charge in [0.05, 0.1) is 10.4 Å². The van der Waals surface area contributed by atoms with Crippen LogP contribution in [0.3, 0.4) is 0 Å². The molecule has 1 aromatic carbocycles. The number of hydrogen-bond donors (Lipinski definition) is 2. The van der Waals surface area contributed by atoms with E-state index in [0.717, 1.165) is 38.9 Å². The van der Waals surface area contributed by atoms with Gasteiger partial charge in [0.15, 0.2) is 0 Å². The molecule has 0 radical (unpaired) electrons. The number of thiazole rings is 1. The van der Waals surface area contributed by atoms with Gasteiger partial charge in [-0.3, -0.25) is 19.7 Å². The molecule has 3 heterocycles. The zero-order valence-corrected chi connectivity index (χ0v) is 13.4. The summed E-state index contributed by atoms with van der Waals surface area (Å²) < 4.78 is 0. The summed E-state index contributed by atoms with van der Waals surface area (Å²) in [7, 11) is 0. The minimum Gasteiger partial charge on any atom is -0.494 e. The van der Waals surface area contributed by atoms with Crippen LogP contribution in [0.25, 0.3) is 22.0 Å². The number of nitrogens with one attached hydrogen (secondary N) is 1. The average Bonchev–Trinajstić information content (AvgIpc) is 2.92. The van der Waals surface area contributed by atoms with Crippen molar-refractivity contribution in [3.63, 3.8) is 0 Å². The third-order valence-electron chi connectivity index (χ3n) is 3.86. The number of aromatic amines is 1. The lowest BCUT2D eigenvalue weighted by molar-refractivity contribution is 0.451. The number of aromatic nitrogens is 3. The van der Waals surface area contributed by atoms with Gasteiger partial charge in [0.2, 0.25) is 5.88 Å². The third-order valence-corrected chi connectivity index (χ3v) is 4.73. The first kappa shape index (κ1) is 14.6. The number of pyridine rings is 2. The molecule has 0 bridgehead atoms. The summed E-state index contributed by atoms with van der Waals surface area (Å²) in [5, 5.41) is 10.8. The Hall–Kier alpha value is -2.99. The second-order valence-corrected chi connectivity index (χ2v) is 6.48. The molecule has 0 unspecified atom stereocenters. The summed E-state index contributed by atoms with van der Waals surface area (Å²) in [6, 6.07) is 11.9. The molecule has 0 saturated carbocycles. The molecule has 118 valence electrons. The monoisotopic (exact) mass is 335 g/mol. The SMILES string of the molecule is O=c1[nH]c(O)c(Cc2ccc3nccc(-c4ccncc4)c3c2)s1. The van der Waals surface area contributed by atoms with Crippen LogP contribution in [0.2, 0.25) is 0 Å². The molecule has 0 spiro atoms. The molecular weight excluding hydrogens is 322 g/mol. The summed E-state index contributed by atoms with van der Waals surface area (Å²) in [5.41, 5.74) is 4.07. The van der Waals surface area contributed by atoms with Gasteiger partial charge >= 0.3 is 4.87 Å². The highest BCUT2D eigenvalue weighted by atomic mass is 32.1. The smallest absolute Gasteiger partial charge is 0.307 e. The second kappa shape index (κ2) is 5.90. The van der Waals surface area contributed by atoms with Crippen molar-refractivity contribution in [1.82, 2.24) is 15.0 Å². The van der Waals surface area contributed by atoms with E-state index in [2.05, 4.69) is 21.0 Å². The Labute approximate surface area is 141 Å². The Balaban J connectivity index is 1.82. The first-order valence-corrected chi connectivity index (χ1v) is 8.21. The number of nitrogens with zero attached hydrogens (tertiary/aromatic N) is 2. The van der Waals surface area contributed by atoms with Crippen molar-refractivity contribution in [2.75, 3.05) is 0 Å². The second-order valence-electron chi connectivity index (χ2n) is 5.41. The zero-order chi connectivity index (χ0) is 16.5. The highest BCUT2D eigenvalue weighted by Gasteiger charge is 2.10. The van der Waals surface area contributed by atoms with E-state index >= 15 is 0 Å². The van der Waals surface area contributed by atoms with Crippen LogP contribution in [-0.2, 0) is 6.42 Å². The Morgan fingerprint density at radius 1 is 1.08 bits per heavy atom. The molecule has 0 aliphatic carbocycles. The number of fused-ring (bicyclic) bond motifs is 1. The van der Waals surface area contributed by atoms with E-state index in [4.69, 9.17) is 0 Å². The van der Waals surface area contributed by atoms with Gasteiger partial charge in [-0.15, -0.1) is 0 Å².